The van der Waals surface area contributed by atoms with Gasteiger partial charge in [0, 0.05) is 24.2 Å². The standard InChI is InChI=1S/C16H20ClN3O/c1-10-8-20-15-12(9-19(10)5-4-11-2-3-11)6-13(17)7-14(15)18-16(20)21/h6-7,10-11H,2-5,8-9H2,1H3,(H,18,21). The summed E-state index contributed by atoms with van der Waals surface area (Å²) < 4.78 is 1.88. The number of nitrogens with one attached hydrogen (secondary N) is 1. The number of halogens is 1. The molecule has 2 heterocycles. The molecule has 0 radical (unpaired) electrons. The number of hydrogen-bond acceptors (Lipinski definition) is 2. The van der Waals surface area contributed by atoms with Crippen LogP contribution in [0.3, 0.4) is 0 Å². The van der Waals surface area contributed by atoms with Gasteiger partial charge in [-0.3, -0.25) is 9.47 Å². The lowest BCUT2D eigenvalue weighted by Crippen LogP contribution is -2.36. The average Bonchev–Trinajstić information content (AvgIpc) is 3.20. The second kappa shape index (κ2) is 4.89. The van der Waals surface area contributed by atoms with Crippen molar-refractivity contribution in [3.63, 3.8) is 0 Å². The highest BCUT2D eigenvalue weighted by molar-refractivity contribution is 6.31. The maximum atomic E-state index is 12.2. The topological polar surface area (TPSA) is 41.0 Å². The Labute approximate surface area is 128 Å². The van der Waals surface area contributed by atoms with E-state index in [1.807, 2.05) is 16.7 Å². The van der Waals surface area contributed by atoms with Gasteiger partial charge >= 0.3 is 5.69 Å². The molecule has 1 N–H and O–H groups in total. The molecule has 1 aliphatic carbocycles. The van der Waals surface area contributed by atoms with Crippen molar-refractivity contribution >= 4 is 22.6 Å². The quantitative estimate of drug-likeness (QED) is 0.947. The first kappa shape index (κ1) is 13.4. The molecule has 0 spiro atoms. The SMILES string of the molecule is CC1Cn2c(=O)[nH]c3cc(Cl)cc(c32)CN1CCC1CC1. The van der Waals surface area contributed by atoms with Crippen LogP contribution in [0.1, 0.15) is 31.7 Å². The molecule has 2 aliphatic rings. The molecule has 0 amide bonds. The Morgan fingerprint density at radius 1 is 1.38 bits per heavy atom. The van der Waals surface area contributed by atoms with E-state index in [1.54, 1.807) is 0 Å². The third-order valence-corrected chi connectivity index (χ3v) is 5.09. The Balaban J connectivity index is 1.74. The van der Waals surface area contributed by atoms with Gasteiger partial charge < -0.3 is 4.98 Å². The minimum atomic E-state index is -0.0237. The van der Waals surface area contributed by atoms with Crippen LogP contribution in [0, 0.1) is 5.92 Å². The van der Waals surface area contributed by atoms with Crippen molar-refractivity contribution in [1.29, 1.82) is 0 Å². The smallest absolute Gasteiger partial charge is 0.305 e. The summed E-state index contributed by atoms with van der Waals surface area (Å²) >= 11 is 6.21. The van der Waals surface area contributed by atoms with Gasteiger partial charge in [0.2, 0.25) is 0 Å². The lowest BCUT2D eigenvalue weighted by molar-refractivity contribution is 0.183. The first-order valence-electron chi connectivity index (χ1n) is 7.77. The molecule has 2 aromatic rings. The highest BCUT2D eigenvalue weighted by Crippen LogP contribution is 2.33. The molecule has 1 fully saturated rings. The van der Waals surface area contributed by atoms with Gasteiger partial charge in [0.05, 0.1) is 11.0 Å². The number of rotatable bonds is 3. The highest BCUT2D eigenvalue weighted by Gasteiger charge is 2.27. The number of H-pyrrole nitrogens is 1. The normalized spacial score (nSPS) is 22.7. The van der Waals surface area contributed by atoms with E-state index in [1.165, 1.54) is 19.3 Å². The summed E-state index contributed by atoms with van der Waals surface area (Å²) in [6.07, 6.45) is 4.06. The van der Waals surface area contributed by atoms with Gasteiger partial charge in [-0.2, -0.15) is 0 Å². The van der Waals surface area contributed by atoms with E-state index in [4.69, 9.17) is 11.6 Å². The molecule has 1 aromatic carbocycles. The second-order valence-electron chi connectivity index (χ2n) is 6.55. The Bertz CT molecular complexity index is 744. The molecule has 5 heteroatoms. The third kappa shape index (κ3) is 2.40. The number of hydrogen-bond donors (Lipinski definition) is 1. The molecular formula is C16H20ClN3O. The van der Waals surface area contributed by atoms with E-state index in [-0.39, 0.29) is 5.69 Å². The van der Waals surface area contributed by atoms with Crippen molar-refractivity contribution in [3.8, 4) is 0 Å². The molecular weight excluding hydrogens is 286 g/mol. The Morgan fingerprint density at radius 3 is 2.95 bits per heavy atom. The van der Waals surface area contributed by atoms with Gasteiger partial charge in [0.15, 0.2) is 0 Å². The Morgan fingerprint density at radius 2 is 2.19 bits per heavy atom. The van der Waals surface area contributed by atoms with Gasteiger partial charge in [-0.1, -0.05) is 24.4 Å². The van der Waals surface area contributed by atoms with Crippen LogP contribution < -0.4 is 5.69 Å². The van der Waals surface area contributed by atoms with Gasteiger partial charge in [-0.05, 0) is 43.5 Å². The number of nitrogens with zero attached hydrogens (tertiary/aromatic N) is 2. The van der Waals surface area contributed by atoms with E-state index < -0.39 is 0 Å². The van der Waals surface area contributed by atoms with Crippen LogP contribution in [0.15, 0.2) is 16.9 Å². The highest BCUT2D eigenvalue weighted by atomic mass is 35.5. The molecule has 0 bridgehead atoms. The van der Waals surface area contributed by atoms with Gasteiger partial charge in [-0.25, -0.2) is 4.79 Å². The van der Waals surface area contributed by atoms with Crippen molar-refractivity contribution in [3.05, 3.63) is 33.2 Å². The van der Waals surface area contributed by atoms with Crippen molar-refractivity contribution in [2.24, 2.45) is 5.92 Å². The minimum Gasteiger partial charge on any atom is -0.305 e. The van der Waals surface area contributed by atoms with Crippen LogP contribution in [0.5, 0.6) is 0 Å². The number of imidazole rings is 1. The summed E-state index contributed by atoms with van der Waals surface area (Å²) in [6.45, 7) is 4.95. The Kier molecular flexibility index (Phi) is 3.12. The van der Waals surface area contributed by atoms with Crippen LogP contribution in [0.25, 0.3) is 11.0 Å². The van der Waals surface area contributed by atoms with Crippen LogP contribution in [-0.2, 0) is 13.1 Å². The second-order valence-corrected chi connectivity index (χ2v) is 6.99. The Hall–Kier alpha value is -1.26. The lowest BCUT2D eigenvalue weighted by Gasteiger charge is -2.27. The van der Waals surface area contributed by atoms with Crippen LogP contribution in [-0.4, -0.2) is 27.0 Å². The fourth-order valence-corrected chi connectivity index (χ4v) is 3.70. The minimum absolute atomic E-state index is 0.0237. The van der Waals surface area contributed by atoms with Gasteiger partial charge in [0.25, 0.3) is 0 Å². The zero-order valence-corrected chi connectivity index (χ0v) is 13.0. The fourth-order valence-electron chi connectivity index (χ4n) is 3.46. The van der Waals surface area contributed by atoms with Crippen LogP contribution in [0.4, 0.5) is 0 Å². The van der Waals surface area contributed by atoms with E-state index in [2.05, 4.69) is 16.8 Å². The molecule has 21 heavy (non-hydrogen) atoms. The summed E-state index contributed by atoms with van der Waals surface area (Å²) in [5, 5.41) is 0.697. The summed E-state index contributed by atoms with van der Waals surface area (Å²) in [4.78, 5) is 17.6. The monoisotopic (exact) mass is 305 g/mol. The summed E-state index contributed by atoms with van der Waals surface area (Å²) in [5.74, 6) is 0.933. The summed E-state index contributed by atoms with van der Waals surface area (Å²) in [6, 6.07) is 4.23. The van der Waals surface area contributed by atoms with E-state index in [0.717, 1.165) is 42.1 Å². The first-order valence-corrected chi connectivity index (χ1v) is 8.14. The maximum Gasteiger partial charge on any atom is 0.326 e. The van der Waals surface area contributed by atoms with E-state index >= 15 is 0 Å². The summed E-state index contributed by atoms with van der Waals surface area (Å²) in [7, 11) is 0. The molecule has 0 saturated heterocycles. The van der Waals surface area contributed by atoms with Crippen LogP contribution >= 0.6 is 11.6 Å². The van der Waals surface area contributed by atoms with E-state index in [9.17, 15) is 4.79 Å². The maximum absolute atomic E-state index is 12.2. The van der Waals surface area contributed by atoms with Crippen molar-refractivity contribution in [2.75, 3.05) is 6.54 Å². The number of aromatic amines is 1. The summed E-state index contributed by atoms with van der Waals surface area (Å²) in [5.41, 5.74) is 3.03. The predicted molar refractivity (Wildman–Crippen MR) is 84.8 cm³/mol. The molecule has 1 saturated carbocycles. The molecule has 1 unspecified atom stereocenters. The van der Waals surface area contributed by atoms with Crippen LogP contribution in [0.2, 0.25) is 5.02 Å². The molecule has 1 aliphatic heterocycles. The zero-order chi connectivity index (χ0) is 14.6. The first-order chi connectivity index (χ1) is 10.1. The van der Waals surface area contributed by atoms with Crippen molar-refractivity contribution in [1.82, 2.24) is 14.5 Å². The van der Waals surface area contributed by atoms with E-state index in [0.29, 0.717) is 11.1 Å². The average molecular weight is 306 g/mol. The van der Waals surface area contributed by atoms with Crippen molar-refractivity contribution < 1.29 is 0 Å². The predicted octanol–water partition coefficient (Wildman–Crippen LogP) is 2.99. The molecule has 4 rings (SSSR count). The molecule has 1 aromatic heterocycles. The van der Waals surface area contributed by atoms with Gasteiger partial charge in [-0.15, -0.1) is 0 Å². The van der Waals surface area contributed by atoms with Crippen molar-refractivity contribution in [2.45, 2.75) is 45.3 Å². The molecule has 4 nitrogen and oxygen atoms in total. The third-order valence-electron chi connectivity index (χ3n) is 4.88. The molecule has 1 atom stereocenters. The molecule has 112 valence electrons. The lowest BCUT2D eigenvalue weighted by atomic mass is 10.1. The van der Waals surface area contributed by atoms with Gasteiger partial charge in [0.1, 0.15) is 0 Å². The fraction of sp³-hybridized carbons (Fsp3) is 0.562. The zero-order valence-electron chi connectivity index (χ0n) is 12.2. The number of benzene rings is 1. The largest absolute Gasteiger partial charge is 0.326 e. The number of aromatic nitrogens is 2.